The van der Waals surface area contributed by atoms with Gasteiger partial charge in [-0.15, -0.1) is 0 Å². The quantitative estimate of drug-likeness (QED) is 0.854. The van der Waals surface area contributed by atoms with E-state index in [1.807, 2.05) is 4.90 Å². The topological polar surface area (TPSA) is 61.9 Å². The molecule has 0 saturated carbocycles. The number of carbonyl (C=O) groups excluding carboxylic acids is 1. The predicted molar refractivity (Wildman–Crippen MR) is 72.8 cm³/mol. The van der Waals surface area contributed by atoms with Crippen LogP contribution in [0.4, 0.5) is 0 Å². The molecule has 5 nitrogen and oxygen atoms in total. The molecule has 1 amide bonds. The predicted octanol–water partition coefficient (Wildman–Crippen LogP) is 2.36. The maximum Gasteiger partial charge on any atom is 0.256 e. The van der Waals surface area contributed by atoms with Gasteiger partial charge >= 0.3 is 0 Å². The Kier molecular flexibility index (Phi) is 2.59. The number of hydrogen-bond donors (Lipinski definition) is 1. The Bertz CT molecular complexity index is 631. The van der Waals surface area contributed by atoms with Crippen LogP contribution in [0, 0.1) is 0 Å². The molecule has 19 heavy (non-hydrogen) atoms. The van der Waals surface area contributed by atoms with E-state index in [1.165, 1.54) is 6.33 Å². The van der Waals surface area contributed by atoms with Gasteiger partial charge in [0.1, 0.15) is 12.0 Å². The van der Waals surface area contributed by atoms with Gasteiger partial charge in [-0.2, -0.15) is 0 Å². The Morgan fingerprint density at radius 1 is 1.53 bits per heavy atom. The summed E-state index contributed by atoms with van der Waals surface area (Å²) < 4.78 is 0. The molecule has 0 spiro atoms. The van der Waals surface area contributed by atoms with E-state index >= 15 is 0 Å². The van der Waals surface area contributed by atoms with Gasteiger partial charge in [-0.1, -0.05) is 0 Å². The van der Waals surface area contributed by atoms with Crippen LogP contribution in [0.3, 0.4) is 0 Å². The lowest BCUT2D eigenvalue weighted by molar-refractivity contribution is 0.0580. The maximum atomic E-state index is 12.8. The van der Waals surface area contributed by atoms with E-state index in [0.717, 1.165) is 18.2 Å². The highest BCUT2D eigenvalue weighted by Crippen LogP contribution is 2.35. The van der Waals surface area contributed by atoms with Crippen LogP contribution in [0.5, 0.6) is 0 Å². The Morgan fingerprint density at radius 2 is 2.32 bits per heavy atom. The molecule has 3 heterocycles. The third-order valence-electron chi connectivity index (χ3n) is 4.07. The lowest BCUT2D eigenvalue weighted by Gasteiger charge is -2.34. The van der Waals surface area contributed by atoms with Crippen LogP contribution >= 0.6 is 0 Å². The molecule has 2 aromatic heterocycles. The summed E-state index contributed by atoms with van der Waals surface area (Å²) in [7, 11) is 0. The van der Waals surface area contributed by atoms with Gasteiger partial charge in [-0.25, -0.2) is 9.97 Å². The number of aromatic nitrogens is 3. The normalized spacial score (nSPS) is 22.1. The van der Waals surface area contributed by atoms with Gasteiger partial charge in [0, 0.05) is 29.4 Å². The fourth-order valence-corrected chi connectivity index (χ4v) is 3.05. The first-order chi connectivity index (χ1) is 9.00. The van der Waals surface area contributed by atoms with Crippen molar-refractivity contribution in [3.63, 3.8) is 0 Å². The number of hydrogen-bond acceptors (Lipinski definition) is 3. The molecular weight excluding hydrogens is 240 g/mol. The van der Waals surface area contributed by atoms with E-state index in [4.69, 9.17) is 0 Å². The van der Waals surface area contributed by atoms with Gasteiger partial charge in [0.25, 0.3) is 5.91 Å². The fraction of sp³-hybridized carbons (Fsp3) is 0.500. The van der Waals surface area contributed by atoms with Gasteiger partial charge in [0.2, 0.25) is 0 Å². The number of amides is 1. The summed E-state index contributed by atoms with van der Waals surface area (Å²) in [6, 6.07) is 0.275. The van der Waals surface area contributed by atoms with Crippen LogP contribution in [-0.4, -0.2) is 37.3 Å². The first-order valence-corrected chi connectivity index (χ1v) is 6.61. The van der Waals surface area contributed by atoms with Crippen molar-refractivity contribution in [2.24, 2.45) is 0 Å². The van der Waals surface area contributed by atoms with E-state index in [9.17, 15) is 4.79 Å². The molecule has 1 saturated heterocycles. The number of rotatable bonds is 1. The molecule has 0 aliphatic carbocycles. The molecule has 1 N–H and O–H groups in total. The van der Waals surface area contributed by atoms with E-state index in [-0.39, 0.29) is 17.5 Å². The average molecular weight is 258 g/mol. The van der Waals surface area contributed by atoms with E-state index in [2.05, 4.69) is 35.7 Å². The lowest BCUT2D eigenvalue weighted by Crippen LogP contribution is -2.46. The molecule has 1 aliphatic rings. The Labute approximate surface area is 112 Å². The number of aromatic amines is 1. The molecule has 1 aliphatic heterocycles. The molecule has 100 valence electrons. The molecule has 0 aromatic carbocycles. The molecule has 1 atom stereocenters. The molecule has 5 heteroatoms. The van der Waals surface area contributed by atoms with Crippen LogP contribution in [0.15, 0.2) is 18.7 Å². The summed E-state index contributed by atoms with van der Waals surface area (Å²) in [5, 5.41) is 0.794. The number of likely N-dealkylation sites (tertiary alicyclic amines) is 1. The molecule has 3 rings (SSSR count). The average Bonchev–Trinajstić information content (AvgIpc) is 2.90. The van der Waals surface area contributed by atoms with Crippen LogP contribution in [0.2, 0.25) is 0 Å². The molecule has 0 bridgehead atoms. The van der Waals surface area contributed by atoms with Gasteiger partial charge in [-0.05, 0) is 33.6 Å². The van der Waals surface area contributed by atoms with Crippen molar-refractivity contribution in [1.29, 1.82) is 0 Å². The zero-order valence-electron chi connectivity index (χ0n) is 11.5. The van der Waals surface area contributed by atoms with Crippen molar-refractivity contribution in [2.45, 2.75) is 45.2 Å². The highest BCUT2D eigenvalue weighted by Gasteiger charge is 2.41. The van der Waals surface area contributed by atoms with Crippen molar-refractivity contribution in [2.75, 3.05) is 0 Å². The van der Waals surface area contributed by atoms with E-state index < -0.39 is 0 Å². The van der Waals surface area contributed by atoms with Crippen molar-refractivity contribution >= 4 is 16.9 Å². The fourth-order valence-electron chi connectivity index (χ4n) is 3.05. The highest BCUT2D eigenvalue weighted by molar-refractivity contribution is 6.06. The number of carbonyl (C=O) groups is 1. The smallest absolute Gasteiger partial charge is 0.256 e. The first-order valence-electron chi connectivity index (χ1n) is 6.61. The van der Waals surface area contributed by atoms with Crippen molar-refractivity contribution < 1.29 is 4.79 Å². The minimum Gasteiger partial charge on any atom is -0.345 e. The number of fused-ring (bicyclic) bond motifs is 1. The zero-order valence-corrected chi connectivity index (χ0v) is 11.5. The standard InChI is InChI=1S/C14H18N4O/c1-9-4-5-14(2,3)18(9)13(19)11-7-16-12-10(11)6-15-8-17-12/h6-9H,4-5H2,1-3H3,(H,15,16,17). The molecule has 0 radical (unpaired) electrons. The summed E-state index contributed by atoms with van der Waals surface area (Å²) in [6.07, 6.45) is 7.01. The van der Waals surface area contributed by atoms with E-state index in [1.54, 1.807) is 12.4 Å². The van der Waals surface area contributed by atoms with Crippen LogP contribution in [0.25, 0.3) is 11.0 Å². The van der Waals surface area contributed by atoms with Crippen LogP contribution < -0.4 is 0 Å². The monoisotopic (exact) mass is 258 g/mol. The van der Waals surface area contributed by atoms with Gasteiger partial charge < -0.3 is 9.88 Å². The lowest BCUT2D eigenvalue weighted by atomic mass is 10.0. The Morgan fingerprint density at radius 3 is 3.00 bits per heavy atom. The second kappa shape index (κ2) is 4.05. The Hall–Kier alpha value is -1.91. The minimum absolute atomic E-state index is 0.0658. The van der Waals surface area contributed by atoms with Gasteiger partial charge in [-0.3, -0.25) is 4.79 Å². The van der Waals surface area contributed by atoms with Crippen LogP contribution in [-0.2, 0) is 0 Å². The molecule has 1 unspecified atom stereocenters. The summed E-state index contributed by atoms with van der Waals surface area (Å²) in [6.45, 7) is 6.36. The first kappa shape index (κ1) is 12.1. The summed E-state index contributed by atoms with van der Waals surface area (Å²) in [4.78, 5) is 26.0. The second-order valence-electron chi connectivity index (χ2n) is 5.86. The third-order valence-corrected chi connectivity index (χ3v) is 4.07. The molecule has 1 fully saturated rings. The Balaban J connectivity index is 2.05. The zero-order chi connectivity index (χ0) is 13.6. The summed E-state index contributed by atoms with van der Waals surface area (Å²) in [5.74, 6) is 0.0658. The van der Waals surface area contributed by atoms with E-state index in [0.29, 0.717) is 11.2 Å². The number of nitrogens with zero attached hydrogens (tertiary/aromatic N) is 3. The molecule has 2 aromatic rings. The largest absolute Gasteiger partial charge is 0.345 e. The molecular formula is C14H18N4O. The number of H-pyrrole nitrogens is 1. The highest BCUT2D eigenvalue weighted by atomic mass is 16.2. The van der Waals surface area contributed by atoms with Gasteiger partial charge in [0.15, 0.2) is 0 Å². The van der Waals surface area contributed by atoms with Crippen LogP contribution in [0.1, 0.15) is 44.0 Å². The third kappa shape index (κ3) is 1.80. The summed E-state index contributed by atoms with van der Waals surface area (Å²) in [5.41, 5.74) is 1.29. The van der Waals surface area contributed by atoms with Crippen molar-refractivity contribution in [3.8, 4) is 0 Å². The number of nitrogens with one attached hydrogen (secondary N) is 1. The van der Waals surface area contributed by atoms with Crippen molar-refractivity contribution in [1.82, 2.24) is 19.9 Å². The van der Waals surface area contributed by atoms with Gasteiger partial charge in [0.05, 0.1) is 5.56 Å². The van der Waals surface area contributed by atoms with Crippen molar-refractivity contribution in [3.05, 3.63) is 24.3 Å². The minimum atomic E-state index is -0.0876. The SMILES string of the molecule is CC1CCC(C)(C)N1C(=O)c1c[nH]c2ncncc12. The second-order valence-corrected chi connectivity index (χ2v) is 5.86. The maximum absolute atomic E-state index is 12.8. The summed E-state index contributed by atoms with van der Waals surface area (Å²) >= 11 is 0.